The molecule has 0 spiro atoms. The number of nitrogens with zero attached hydrogens (tertiary/aromatic N) is 2. The van der Waals surface area contributed by atoms with Gasteiger partial charge in [0.1, 0.15) is 0 Å². The maximum absolute atomic E-state index is 11.5. The van der Waals surface area contributed by atoms with Crippen LogP contribution in [0.3, 0.4) is 0 Å². The number of carbonyl (C=O) groups excluding carboxylic acids is 1. The van der Waals surface area contributed by atoms with Crippen LogP contribution in [0.4, 0.5) is 0 Å². The van der Waals surface area contributed by atoms with Crippen molar-refractivity contribution in [3.05, 3.63) is 12.2 Å². The van der Waals surface area contributed by atoms with Crippen molar-refractivity contribution in [1.29, 1.82) is 0 Å². The van der Waals surface area contributed by atoms with Crippen LogP contribution < -0.4 is 11.1 Å². The molecule has 1 aromatic heterocycles. The van der Waals surface area contributed by atoms with Crippen LogP contribution in [0, 0.1) is 0 Å². The highest BCUT2D eigenvalue weighted by molar-refractivity contribution is 5.81. The molecule has 1 rings (SSSR count). The predicted octanol–water partition coefficient (Wildman–Crippen LogP) is 0.246. The van der Waals surface area contributed by atoms with Gasteiger partial charge in [-0.05, 0) is 6.42 Å². The third-order valence-electron chi connectivity index (χ3n) is 2.25. The van der Waals surface area contributed by atoms with E-state index >= 15 is 0 Å². The van der Waals surface area contributed by atoms with E-state index in [4.69, 9.17) is 10.3 Å². The average molecular weight is 226 g/mol. The number of amides is 1. The molecule has 6 heteroatoms. The fourth-order valence-corrected chi connectivity index (χ4v) is 1.28. The van der Waals surface area contributed by atoms with Gasteiger partial charge in [-0.3, -0.25) is 4.79 Å². The molecule has 0 fully saturated rings. The number of hydrogen-bond acceptors (Lipinski definition) is 5. The van der Waals surface area contributed by atoms with Gasteiger partial charge in [-0.15, -0.1) is 0 Å². The van der Waals surface area contributed by atoms with Crippen molar-refractivity contribution in [2.75, 3.05) is 6.54 Å². The molecule has 0 aromatic carbocycles. The predicted molar refractivity (Wildman–Crippen MR) is 58.5 cm³/mol. The topological polar surface area (TPSA) is 94.0 Å². The van der Waals surface area contributed by atoms with E-state index in [1.54, 1.807) is 0 Å². The molecule has 90 valence electrons. The Balaban J connectivity index is 2.14. The van der Waals surface area contributed by atoms with Gasteiger partial charge in [-0.25, -0.2) is 0 Å². The molecular formula is C10H18N4O2. The molecule has 0 bridgehead atoms. The Morgan fingerprint density at radius 3 is 3.12 bits per heavy atom. The second kappa shape index (κ2) is 6.95. The normalized spacial score (nSPS) is 12.4. The Morgan fingerprint density at radius 1 is 1.69 bits per heavy atom. The highest BCUT2D eigenvalue weighted by atomic mass is 16.5. The first-order valence-corrected chi connectivity index (χ1v) is 5.53. The van der Waals surface area contributed by atoms with Crippen molar-refractivity contribution >= 4 is 5.91 Å². The van der Waals surface area contributed by atoms with Crippen molar-refractivity contribution in [3.63, 3.8) is 0 Å². The summed E-state index contributed by atoms with van der Waals surface area (Å²) in [6, 6.07) is -0.414. The van der Waals surface area contributed by atoms with Crippen molar-refractivity contribution in [2.45, 2.75) is 38.6 Å². The van der Waals surface area contributed by atoms with E-state index in [2.05, 4.69) is 22.4 Å². The quantitative estimate of drug-likeness (QED) is 0.694. The van der Waals surface area contributed by atoms with Crippen LogP contribution in [-0.4, -0.2) is 28.6 Å². The fourth-order valence-electron chi connectivity index (χ4n) is 1.28. The molecule has 0 aliphatic heterocycles. The summed E-state index contributed by atoms with van der Waals surface area (Å²) in [6.07, 6.45) is 4.61. The monoisotopic (exact) mass is 226 g/mol. The number of unbranched alkanes of at least 4 members (excludes halogenated alkanes) is 1. The lowest BCUT2D eigenvalue weighted by Gasteiger charge is -2.10. The molecule has 1 heterocycles. The van der Waals surface area contributed by atoms with E-state index in [1.807, 2.05) is 0 Å². The van der Waals surface area contributed by atoms with Crippen LogP contribution in [0.25, 0.3) is 0 Å². The molecule has 16 heavy (non-hydrogen) atoms. The molecule has 0 aliphatic carbocycles. The molecule has 1 atom stereocenters. The van der Waals surface area contributed by atoms with Gasteiger partial charge >= 0.3 is 0 Å². The molecule has 0 unspecified atom stereocenters. The van der Waals surface area contributed by atoms with E-state index in [-0.39, 0.29) is 5.91 Å². The average Bonchev–Trinajstić information content (AvgIpc) is 2.78. The van der Waals surface area contributed by atoms with Gasteiger partial charge in [0.05, 0.1) is 6.04 Å². The molecule has 1 aromatic rings. The second-order valence-corrected chi connectivity index (χ2v) is 3.62. The summed E-state index contributed by atoms with van der Waals surface area (Å²) in [5, 5.41) is 6.21. The fraction of sp³-hybridized carbons (Fsp3) is 0.700. The van der Waals surface area contributed by atoms with Gasteiger partial charge in [-0.2, -0.15) is 4.98 Å². The first-order chi connectivity index (χ1) is 7.74. The maximum atomic E-state index is 11.5. The number of hydrogen-bond donors (Lipinski definition) is 2. The first kappa shape index (κ1) is 12.6. The number of aromatic nitrogens is 2. The molecule has 0 radical (unpaired) electrons. The van der Waals surface area contributed by atoms with Crippen LogP contribution in [-0.2, 0) is 11.2 Å². The van der Waals surface area contributed by atoms with Crippen molar-refractivity contribution < 1.29 is 9.32 Å². The molecule has 0 saturated heterocycles. The van der Waals surface area contributed by atoms with Gasteiger partial charge in [0.25, 0.3) is 0 Å². The van der Waals surface area contributed by atoms with Gasteiger partial charge in [0.2, 0.25) is 11.8 Å². The number of nitrogens with one attached hydrogen (secondary N) is 1. The first-order valence-electron chi connectivity index (χ1n) is 5.53. The highest BCUT2D eigenvalue weighted by Crippen LogP contribution is 1.98. The molecule has 3 N–H and O–H groups in total. The Kier molecular flexibility index (Phi) is 5.49. The van der Waals surface area contributed by atoms with Crippen LogP contribution >= 0.6 is 0 Å². The number of rotatable bonds is 7. The standard InChI is InChI=1S/C10H18N4O2/c1-2-3-4-8(11)10(15)12-6-5-9-13-7-14-16-9/h7-8H,2-6,11H2,1H3,(H,12,15)/t8-/m0/s1. The van der Waals surface area contributed by atoms with Crippen molar-refractivity contribution in [2.24, 2.45) is 5.73 Å². The van der Waals surface area contributed by atoms with Crippen molar-refractivity contribution in [1.82, 2.24) is 15.5 Å². The van der Waals surface area contributed by atoms with E-state index in [9.17, 15) is 4.79 Å². The van der Waals surface area contributed by atoms with E-state index in [0.717, 1.165) is 19.3 Å². The molecule has 0 aliphatic rings. The lowest BCUT2D eigenvalue weighted by atomic mass is 10.1. The second-order valence-electron chi connectivity index (χ2n) is 3.62. The minimum Gasteiger partial charge on any atom is -0.354 e. The molecule has 6 nitrogen and oxygen atoms in total. The van der Waals surface area contributed by atoms with E-state index in [0.29, 0.717) is 18.9 Å². The third kappa shape index (κ3) is 4.39. The van der Waals surface area contributed by atoms with Crippen LogP contribution in [0.2, 0.25) is 0 Å². The zero-order chi connectivity index (χ0) is 11.8. The summed E-state index contributed by atoms with van der Waals surface area (Å²) in [4.78, 5) is 15.3. The van der Waals surface area contributed by atoms with Crippen molar-refractivity contribution in [3.8, 4) is 0 Å². The summed E-state index contributed by atoms with van der Waals surface area (Å²) in [5.74, 6) is 0.399. The minimum atomic E-state index is -0.414. The van der Waals surface area contributed by atoms with Gasteiger partial charge in [-0.1, -0.05) is 24.9 Å². The Morgan fingerprint density at radius 2 is 2.50 bits per heavy atom. The molecule has 1 amide bonds. The Labute approximate surface area is 94.6 Å². The van der Waals surface area contributed by atoms with Gasteiger partial charge < -0.3 is 15.6 Å². The number of nitrogens with two attached hydrogens (primary N) is 1. The van der Waals surface area contributed by atoms with E-state index in [1.165, 1.54) is 6.33 Å². The Bertz CT molecular complexity index is 300. The lowest BCUT2D eigenvalue weighted by Crippen LogP contribution is -2.41. The summed E-state index contributed by atoms with van der Waals surface area (Å²) in [7, 11) is 0. The number of carbonyl (C=O) groups is 1. The third-order valence-corrected chi connectivity index (χ3v) is 2.25. The van der Waals surface area contributed by atoms with E-state index < -0.39 is 6.04 Å². The zero-order valence-corrected chi connectivity index (χ0v) is 9.48. The minimum absolute atomic E-state index is 0.118. The summed E-state index contributed by atoms with van der Waals surface area (Å²) in [5.41, 5.74) is 5.70. The SMILES string of the molecule is CCCC[C@H](N)C(=O)NCCc1ncno1. The zero-order valence-electron chi connectivity index (χ0n) is 9.48. The summed E-state index contributed by atoms with van der Waals surface area (Å²) < 4.78 is 4.80. The highest BCUT2D eigenvalue weighted by Gasteiger charge is 2.12. The van der Waals surface area contributed by atoms with Gasteiger partial charge in [0.15, 0.2) is 6.33 Å². The molecule has 0 saturated carbocycles. The summed E-state index contributed by atoms with van der Waals surface area (Å²) >= 11 is 0. The largest absolute Gasteiger partial charge is 0.354 e. The summed E-state index contributed by atoms with van der Waals surface area (Å²) in [6.45, 7) is 2.54. The van der Waals surface area contributed by atoms with Gasteiger partial charge in [0, 0.05) is 13.0 Å². The lowest BCUT2D eigenvalue weighted by molar-refractivity contribution is -0.122. The van der Waals surface area contributed by atoms with Crippen LogP contribution in [0.15, 0.2) is 10.9 Å². The van der Waals surface area contributed by atoms with Crippen LogP contribution in [0.1, 0.15) is 32.1 Å². The maximum Gasteiger partial charge on any atom is 0.236 e. The Hall–Kier alpha value is -1.43. The smallest absolute Gasteiger partial charge is 0.236 e. The molecular weight excluding hydrogens is 208 g/mol. The van der Waals surface area contributed by atoms with Crippen LogP contribution in [0.5, 0.6) is 0 Å².